The van der Waals surface area contributed by atoms with Crippen LogP contribution in [-0.2, 0) is 12.7 Å². The van der Waals surface area contributed by atoms with Gasteiger partial charge in [0, 0.05) is 12.2 Å². The fraction of sp³-hybridized carbons (Fsp3) is 0.200. The van der Waals surface area contributed by atoms with Gasteiger partial charge < -0.3 is 5.32 Å². The lowest BCUT2D eigenvalue weighted by atomic mass is 10.1. The summed E-state index contributed by atoms with van der Waals surface area (Å²) in [5.74, 6) is -1.35. The second-order valence-corrected chi connectivity index (χ2v) is 4.66. The first-order valence-corrected chi connectivity index (χ1v) is 6.12. The zero-order valence-corrected chi connectivity index (χ0v) is 11.1. The summed E-state index contributed by atoms with van der Waals surface area (Å²) in [6.07, 6.45) is -4.59. The molecule has 21 heavy (non-hydrogen) atoms. The summed E-state index contributed by atoms with van der Waals surface area (Å²) in [5, 5.41) is 2.86. The Bertz CT molecular complexity index is 649. The van der Waals surface area contributed by atoms with E-state index in [2.05, 4.69) is 5.32 Å². The first kappa shape index (κ1) is 15.3. The van der Waals surface area contributed by atoms with E-state index in [4.69, 9.17) is 0 Å². The quantitative estimate of drug-likeness (QED) is 0.795. The number of hydrogen-bond donors (Lipinski definition) is 1. The van der Waals surface area contributed by atoms with Gasteiger partial charge in [-0.25, -0.2) is 8.78 Å². The van der Waals surface area contributed by atoms with Crippen LogP contribution >= 0.6 is 0 Å². The molecule has 1 N–H and O–H groups in total. The zero-order chi connectivity index (χ0) is 15.6. The Hall–Kier alpha value is -2.11. The predicted octanol–water partition coefficient (Wildman–Crippen LogP) is 4.90. The smallest absolute Gasteiger partial charge is 0.381 e. The van der Waals surface area contributed by atoms with Gasteiger partial charge >= 0.3 is 6.18 Å². The molecule has 0 aliphatic heterocycles. The van der Waals surface area contributed by atoms with Crippen LogP contribution in [-0.4, -0.2) is 0 Å². The molecule has 0 heterocycles. The zero-order valence-electron chi connectivity index (χ0n) is 11.1. The Kier molecular flexibility index (Phi) is 4.16. The SMILES string of the molecule is Cc1cc(F)ccc1NCc1cc(F)cc(C(F)(F)F)c1. The van der Waals surface area contributed by atoms with Crippen molar-refractivity contribution >= 4 is 5.69 Å². The van der Waals surface area contributed by atoms with Crippen LogP contribution in [0.2, 0.25) is 0 Å². The first-order chi connectivity index (χ1) is 9.75. The Morgan fingerprint density at radius 1 is 0.952 bits per heavy atom. The van der Waals surface area contributed by atoms with Gasteiger partial charge in [0.25, 0.3) is 0 Å². The molecule has 0 spiro atoms. The van der Waals surface area contributed by atoms with Gasteiger partial charge in [0.2, 0.25) is 0 Å². The van der Waals surface area contributed by atoms with Crippen molar-refractivity contribution in [2.75, 3.05) is 5.32 Å². The number of hydrogen-bond acceptors (Lipinski definition) is 1. The first-order valence-electron chi connectivity index (χ1n) is 6.12. The van der Waals surface area contributed by atoms with Crippen molar-refractivity contribution < 1.29 is 22.0 Å². The molecule has 0 bridgehead atoms. The third kappa shape index (κ3) is 3.93. The topological polar surface area (TPSA) is 12.0 Å². The Morgan fingerprint density at radius 3 is 2.29 bits per heavy atom. The molecule has 2 aromatic carbocycles. The molecule has 0 aliphatic carbocycles. The van der Waals surface area contributed by atoms with Crippen LogP contribution < -0.4 is 5.32 Å². The van der Waals surface area contributed by atoms with Crippen molar-refractivity contribution in [3.8, 4) is 0 Å². The molecule has 112 valence electrons. The molecular formula is C15H12F5N. The summed E-state index contributed by atoms with van der Waals surface area (Å²) in [6, 6.07) is 6.38. The lowest BCUT2D eigenvalue weighted by molar-refractivity contribution is -0.137. The van der Waals surface area contributed by atoms with Crippen molar-refractivity contribution in [2.24, 2.45) is 0 Å². The third-order valence-electron chi connectivity index (χ3n) is 2.96. The minimum Gasteiger partial charge on any atom is -0.381 e. The molecule has 6 heteroatoms. The van der Waals surface area contributed by atoms with E-state index in [1.165, 1.54) is 18.2 Å². The van der Waals surface area contributed by atoms with E-state index >= 15 is 0 Å². The molecule has 0 amide bonds. The number of halogens is 5. The van der Waals surface area contributed by atoms with E-state index in [1.54, 1.807) is 6.92 Å². The van der Waals surface area contributed by atoms with Crippen molar-refractivity contribution in [1.29, 1.82) is 0 Å². The van der Waals surface area contributed by atoms with Gasteiger partial charge in [-0.2, -0.15) is 13.2 Å². The van der Waals surface area contributed by atoms with Gasteiger partial charge in [-0.3, -0.25) is 0 Å². The van der Waals surface area contributed by atoms with Crippen LogP contribution in [0.5, 0.6) is 0 Å². The van der Waals surface area contributed by atoms with Crippen LogP contribution in [0.1, 0.15) is 16.7 Å². The van der Waals surface area contributed by atoms with Crippen molar-refractivity contribution in [1.82, 2.24) is 0 Å². The molecule has 2 rings (SSSR count). The maximum Gasteiger partial charge on any atom is 0.416 e. The highest BCUT2D eigenvalue weighted by molar-refractivity contribution is 5.51. The summed E-state index contributed by atoms with van der Waals surface area (Å²) in [4.78, 5) is 0. The molecule has 0 aromatic heterocycles. The summed E-state index contributed by atoms with van der Waals surface area (Å²) < 4.78 is 64.0. The minimum atomic E-state index is -4.59. The Labute approximate surface area is 118 Å². The normalized spacial score (nSPS) is 11.5. The Morgan fingerprint density at radius 2 is 1.67 bits per heavy atom. The van der Waals surface area contributed by atoms with Gasteiger partial charge in [-0.15, -0.1) is 0 Å². The maximum absolute atomic E-state index is 13.2. The van der Waals surface area contributed by atoms with Gasteiger partial charge in [0.1, 0.15) is 11.6 Å². The number of rotatable bonds is 3. The van der Waals surface area contributed by atoms with E-state index < -0.39 is 23.4 Å². The number of alkyl halides is 3. The molecule has 1 nitrogen and oxygen atoms in total. The van der Waals surface area contributed by atoms with E-state index in [9.17, 15) is 22.0 Å². The highest BCUT2D eigenvalue weighted by Crippen LogP contribution is 2.30. The van der Waals surface area contributed by atoms with E-state index in [-0.39, 0.29) is 12.1 Å². The van der Waals surface area contributed by atoms with Crippen LogP contribution in [0, 0.1) is 18.6 Å². The molecule has 0 fully saturated rings. The van der Waals surface area contributed by atoms with Gasteiger partial charge in [-0.1, -0.05) is 0 Å². The van der Waals surface area contributed by atoms with Crippen LogP contribution in [0.15, 0.2) is 36.4 Å². The van der Waals surface area contributed by atoms with Crippen molar-refractivity contribution in [2.45, 2.75) is 19.6 Å². The number of aryl methyl sites for hydroxylation is 1. The summed E-state index contributed by atoms with van der Waals surface area (Å²) in [6.45, 7) is 1.67. The molecule has 0 unspecified atom stereocenters. The molecule has 0 atom stereocenters. The Balaban J connectivity index is 2.18. The summed E-state index contributed by atoms with van der Waals surface area (Å²) >= 11 is 0. The maximum atomic E-state index is 13.2. The fourth-order valence-corrected chi connectivity index (χ4v) is 1.94. The average Bonchev–Trinajstić information content (AvgIpc) is 2.36. The molecule has 0 radical (unpaired) electrons. The predicted molar refractivity (Wildman–Crippen MR) is 69.9 cm³/mol. The van der Waals surface area contributed by atoms with Crippen molar-refractivity contribution in [3.63, 3.8) is 0 Å². The van der Waals surface area contributed by atoms with E-state index in [0.29, 0.717) is 17.3 Å². The summed E-state index contributed by atoms with van der Waals surface area (Å²) in [7, 11) is 0. The largest absolute Gasteiger partial charge is 0.416 e. The second-order valence-electron chi connectivity index (χ2n) is 4.66. The molecule has 2 aromatic rings. The van der Waals surface area contributed by atoms with Crippen LogP contribution in [0.3, 0.4) is 0 Å². The third-order valence-corrected chi connectivity index (χ3v) is 2.96. The standard InChI is InChI=1S/C15H12F5N/c1-9-4-12(16)2-3-14(9)21-8-10-5-11(15(18,19)20)7-13(17)6-10/h2-7,21H,8H2,1H3. The van der Waals surface area contributed by atoms with E-state index in [0.717, 1.165) is 12.1 Å². The minimum absolute atomic E-state index is 0.00725. The van der Waals surface area contributed by atoms with Gasteiger partial charge in [-0.05, 0) is 54.4 Å². The fourth-order valence-electron chi connectivity index (χ4n) is 1.94. The number of benzene rings is 2. The molecular weight excluding hydrogens is 289 g/mol. The second kappa shape index (κ2) is 5.71. The highest BCUT2D eigenvalue weighted by atomic mass is 19.4. The van der Waals surface area contributed by atoms with Crippen LogP contribution in [0.4, 0.5) is 27.6 Å². The van der Waals surface area contributed by atoms with E-state index in [1.807, 2.05) is 0 Å². The lowest BCUT2D eigenvalue weighted by Crippen LogP contribution is -2.08. The van der Waals surface area contributed by atoms with Crippen LogP contribution in [0.25, 0.3) is 0 Å². The molecule has 0 saturated carbocycles. The molecule has 0 saturated heterocycles. The van der Waals surface area contributed by atoms with Gasteiger partial charge in [0.15, 0.2) is 0 Å². The number of nitrogens with one attached hydrogen (secondary N) is 1. The molecule has 0 aliphatic rings. The monoisotopic (exact) mass is 301 g/mol. The highest BCUT2D eigenvalue weighted by Gasteiger charge is 2.31. The summed E-state index contributed by atoms with van der Waals surface area (Å²) in [5.41, 5.74) is 0.317. The van der Waals surface area contributed by atoms with Gasteiger partial charge in [0.05, 0.1) is 5.56 Å². The van der Waals surface area contributed by atoms with Crippen molar-refractivity contribution in [3.05, 3.63) is 64.7 Å². The average molecular weight is 301 g/mol. The number of anilines is 1. The lowest BCUT2D eigenvalue weighted by Gasteiger charge is -2.12.